The van der Waals surface area contributed by atoms with Crippen LogP contribution in [0.2, 0.25) is 0 Å². The lowest BCUT2D eigenvalue weighted by atomic mass is 9.89. The first-order chi connectivity index (χ1) is 33.2. The molecule has 0 saturated carbocycles. The minimum Gasteiger partial charge on any atom is -0.481 e. The van der Waals surface area contributed by atoms with Crippen molar-refractivity contribution in [3.63, 3.8) is 0 Å². The van der Waals surface area contributed by atoms with Crippen molar-refractivity contribution in [1.82, 2.24) is 31.9 Å². The van der Waals surface area contributed by atoms with E-state index in [2.05, 4.69) is 49.3 Å². The standard InChI is InChI=1S/C45H59N7O17S/c46-30(41(62)49-33(22-39(59)60)42(63)50-34(24-70)44(66)67)23-47-40(61)28(19-26-9-3-1-4-10-26)21-35(55)32(20-27-11-5-2-6-12-27)48-36(56)14-8-7-13-29(54)15-16-31(43(64)65)51-45(68)52-37(69-25-53)17-18-38(57)58/h1-6,9-12,25,28,30-34,37,70H,7-8,13-24,46H2,(H,47,61)(H,48,56)(H,49,62)(H,50,63)(H,57,58)(H,59,60)(H,64,65)(H,66,67)(H2,51,52,68)/t28-,30+,31+,32+,33+,34+,37-/m1/s1. The molecule has 0 heterocycles. The Bertz CT molecular complexity index is 2130. The number of carboxylic acid groups (broad SMARTS) is 4. The summed E-state index contributed by atoms with van der Waals surface area (Å²) in [5.74, 6) is -11.3. The fourth-order valence-corrected chi connectivity index (χ4v) is 6.86. The summed E-state index contributed by atoms with van der Waals surface area (Å²) >= 11 is 3.84. The lowest BCUT2D eigenvalue weighted by Gasteiger charge is -2.23. The van der Waals surface area contributed by atoms with E-state index in [9.17, 15) is 72.9 Å². The second-order valence-electron chi connectivity index (χ2n) is 15.9. The van der Waals surface area contributed by atoms with Gasteiger partial charge in [-0.2, -0.15) is 12.6 Å². The molecule has 0 aliphatic rings. The van der Waals surface area contributed by atoms with Crippen LogP contribution in [0.15, 0.2) is 60.7 Å². The zero-order chi connectivity index (χ0) is 52.2. The topological polar surface area (TPSA) is 393 Å². The highest BCUT2D eigenvalue weighted by molar-refractivity contribution is 7.80. The van der Waals surface area contributed by atoms with E-state index in [1.807, 2.05) is 0 Å². The van der Waals surface area contributed by atoms with Gasteiger partial charge in [-0.1, -0.05) is 60.7 Å². The van der Waals surface area contributed by atoms with E-state index < -0.39 is 127 Å². The van der Waals surface area contributed by atoms with E-state index >= 15 is 0 Å². The summed E-state index contributed by atoms with van der Waals surface area (Å²) in [4.78, 5) is 148. The molecule has 25 heteroatoms. The number of ketones is 2. The maximum absolute atomic E-state index is 14.1. The number of rotatable bonds is 35. The summed E-state index contributed by atoms with van der Waals surface area (Å²) in [5.41, 5.74) is 7.37. The van der Waals surface area contributed by atoms with E-state index in [0.717, 1.165) is 0 Å². The number of benzene rings is 2. The van der Waals surface area contributed by atoms with Crippen LogP contribution in [0.1, 0.15) is 75.3 Å². The summed E-state index contributed by atoms with van der Waals surface area (Å²) < 4.78 is 4.61. The average molecular weight is 1000 g/mol. The molecular formula is C45H59N7O17S. The number of hydrogen-bond acceptors (Lipinski definition) is 15. The summed E-state index contributed by atoms with van der Waals surface area (Å²) in [7, 11) is 0. The number of ether oxygens (including phenoxy) is 1. The normalized spacial score (nSPS) is 13.7. The second kappa shape index (κ2) is 31.6. The molecule has 12 N–H and O–H groups in total. The number of nitrogens with two attached hydrogens (primary N) is 1. The number of unbranched alkanes of at least 4 members (excludes halogenated alkanes) is 1. The van der Waals surface area contributed by atoms with Crippen LogP contribution in [0.25, 0.3) is 0 Å². The van der Waals surface area contributed by atoms with Gasteiger partial charge in [0.25, 0.3) is 6.47 Å². The molecule has 0 aliphatic carbocycles. The van der Waals surface area contributed by atoms with Crippen LogP contribution in [0.5, 0.6) is 0 Å². The van der Waals surface area contributed by atoms with Gasteiger partial charge in [0, 0.05) is 50.3 Å². The molecule has 2 aromatic carbocycles. The number of carbonyl (C=O) groups is 12. The lowest BCUT2D eigenvalue weighted by Crippen LogP contribution is -2.57. The Morgan fingerprint density at radius 3 is 1.74 bits per heavy atom. The number of urea groups is 1. The minimum absolute atomic E-state index is 0.0130. The largest absolute Gasteiger partial charge is 0.481 e. The van der Waals surface area contributed by atoms with Gasteiger partial charge in [-0.15, -0.1) is 0 Å². The number of nitrogens with one attached hydrogen (secondary N) is 6. The van der Waals surface area contributed by atoms with Crippen molar-refractivity contribution in [2.45, 2.75) is 113 Å². The molecule has 0 aromatic heterocycles. The fraction of sp³-hybridized carbons (Fsp3) is 0.467. The van der Waals surface area contributed by atoms with Gasteiger partial charge in [-0.3, -0.25) is 43.2 Å². The van der Waals surface area contributed by atoms with Gasteiger partial charge < -0.3 is 62.8 Å². The van der Waals surface area contributed by atoms with Crippen molar-refractivity contribution in [3.05, 3.63) is 71.8 Å². The van der Waals surface area contributed by atoms with Crippen LogP contribution in [0, 0.1) is 5.92 Å². The zero-order valence-electron chi connectivity index (χ0n) is 37.9. The Morgan fingerprint density at radius 2 is 1.19 bits per heavy atom. The summed E-state index contributed by atoms with van der Waals surface area (Å²) in [6.07, 6.45) is -3.68. The predicted octanol–water partition coefficient (Wildman–Crippen LogP) is -0.540. The first-order valence-corrected chi connectivity index (χ1v) is 22.6. The molecule has 0 fully saturated rings. The molecule has 7 atom stereocenters. The van der Waals surface area contributed by atoms with Gasteiger partial charge in [-0.25, -0.2) is 14.4 Å². The van der Waals surface area contributed by atoms with Gasteiger partial charge in [0.05, 0.1) is 18.9 Å². The van der Waals surface area contributed by atoms with Crippen LogP contribution in [-0.4, -0.2) is 141 Å². The SMILES string of the molecule is N[C@@H](CNC(=O)[C@@H](CC(=O)[C@H](Cc1ccccc1)NC(=O)CCCCC(=O)CC[C@H](NC(=O)N[C@@H](CCC(=O)O)OC=O)C(=O)O)Cc1ccccc1)C(=O)N[C@@H](CC(=O)O)C(=O)N[C@@H](CS)C(=O)O. The van der Waals surface area contributed by atoms with E-state index in [-0.39, 0.29) is 75.8 Å². The van der Waals surface area contributed by atoms with Crippen molar-refractivity contribution in [2.75, 3.05) is 12.3 Å². The molecule has 382 valence electrons. The summed E-state index contributed by atoms with van der Waals surface area (Å²) in [6, 6.07) is 8.88. The number of hydrogen-bond donors (Lipinski definition) is 12. The number of thiol groups is 1. The summed E-state index contributed by atoms with van der Waals surface area (Å²) in [6.45, 7) is -0.543. The smallest absolute Gasteiger partial charge is 0.327 e. The first-order valence-electron chi connectivity index (χ1n) is 21.9. The molecule has 0 aliphatic heterocycles. The highest BCUT2D eigenvalue weighted by atomic mass is 32.1. The first kappa shape index (κ1) is 58.7. The number of carboxylic acids is 4. The van der Waals surface area contributed by atoms with Crippen LogP contribution in [-0.2, 0) is 70.3 Å². The molecule has 2 rings (SSSR count). The van der Waals surface area contributed by atoms with Crippen molar-refractivity contribution >= 4 is 84.2 Å². The number of Topliss-reactive ketones (excluding diaryl/α,β-unsaturated/α-hetero) is 2. The van der Waals surface area contributed by atoms with Crippen LogP contribution < -0.4 is 37.6 Å². The van der Waals surface area contributed by atoms with Gasteiger partial charge in [-0.05, 0) is 43.2 Å². The zero-order valence-corrected chi connectivity index (χ0v) is 38.8. The van der Waals surface area contributed by atoms with E-state index in [1.54, 1.807) is 60.7 Å². The Balaban J connectivity index is 2.08. The van der Waals surface area contributed by atoms with Crippen LogP contribution in [0.3, 0.4) is 0 Å². The van der Waals surface area contributed by atoms with Crippen LogP contribution in [0.4, 0.5) is 4.79 Å². The molecule has 0 spiro atoms. The Morgan fingerprint density at radius 1 is 0.600 bits per heavy atom. The highest BCUT2D eigenvalue weighted by Gasteiger charge is 2.32. The van der Waals surface area contributed by atoms with E-state index in [1.165, 1.54) is 0 Å². The third-order valence-corrected chi connectivity index (χ3v) is 10.7. The van der Waals surface area contributed by atoms with Gasteiger partial charge in [0.1, 0.15) is 30.0 Å². The van der Waals surface area contributed by atoms with E-state index in [0.29, 0.717) is 11.1 Å². The average Bonchev–Trinajstić information content (AvgIpc) is 3.31. The molecule has 0 unspecified atom stereocenters. The third-order valence-electron chi connectivity index (χ3n) is 10.3. The molecule has 70 heavy (non-hydrogen) atoms. The van der Waals surface area contributed by atoms with Crippen molar-refractivity contribution in [3.8, 4) is 0 Å². The predicted molar refractivity (Wildman–Crippen MR) is 248 cm³/mol. The highest BCUT2D eigenvalue weighted by Crippen LogP contribution is 2.17. The van der Waals surface area contributed by atoms with E-state index in [4.69, 9.17) is 10.8 Å². The maximum Gasteiger partial charge on any atom is 0.327 e. The lowest BCUT2D eigenvalue weighted by molar-refractivity contribution is -0.143. The Labute approximate surface area is 407 Å². The Kier molecular flexibility index (Phi) is 26.5. The monoisotopic (exact) mass is 1000 g/mol. The van der Waals surface area contributed by atoms with Gasteiger partial charge in [0.2, 0.25) is 23.6 Å². The Hall–Kier alpha value is -7.41. The molecule has 0 bridgehead atoms. The minimum atomic E-state index is -1.74. The quantitative estimate of drug-likeness (QED) is 0.0179. The molecular weight excluding hydrogens is 943 g/mol. The molecule has 0 radical (unpaired) electrons. The fourth-order valence-electron chi connectivity index (χ4n) is 6.61. The van der Waals surface area contributed by atoms with Crippen molar-refractivity contribution in [1.29, 1.82) is 0 Å². The molecule has 0 saturated heterocycles. The van der Waals surface area contributed by atoms with Crippen molar-refractivity contribution < 1.29 is 82.7 Å². The molecule has 2 aromatic rings. The number of aliphatic carboxylic acids is 4. The maximum atomic E-state index is 14.1. The van der Waals surface area contributed by atoms with Crippen molar-refractivity contribution in [2.24, 2.45) is 11.7 Å². The van der Waals surface area contributed by atoms with Gasteiger partial charge >= 0.3 is 29.9 Å². The summed E-state index contributed by atoms with van der Waals surface area (Å²) in [5, 5.41) is 50.7. The van der Waals surface area contributed by atoms with Gasteiger partial charge in [0.15, 0.2) is 12.0 Å². The third kappa shape index (κ3) is 23.5. The molecule has 24 nitrogen and oxygen atoms in total. The second-order valence-corrected chi connectivity index (χ2v) is 16.3. The number of amides is 6. The van der Waals surface area contributed by atoms with Crippen LogP contribution >= 0.6 is 12.6 Å². The molecule has 6 amide bonds. The number of carbonyl (C=O) groups excluding carboxylic acids is 8.